The Kier molecular flexibility index (Phi) is 27.9. The Hall–Kier alpha value is -13.9. The van der Waals surface area contributed by atoms with Crippen molar-refractivity contribution in [1.82, 2.24) is 58.1 Å². The van der Waals surface area contributed by atoms with Gasteiger partial charge in [0, 0.05) is 94.0 Å². The van der Waals surface area contributed by atoms with E-state index in [9.17, 15) is 0 Å². The van der Waals surface area contributed by atoms with Gasteiger partial charge >= 0.3 is 84.3 Å². The molecule has 136 heavy (non-hydrogen) atoms. The first-order valence-corrected chi connectivity index (χ1v) is 44.1. The van der Waals surface area contributed by atoms with Gasteiger partial charge in [-0.25, -0.2) is 88.7 Å². The van der Waals surface area contributed by atoms with Gasteiger partial charge < -0.3 is 18.3 Å². The number of nitrogens with zero attached hydrogens (tertiary/aromatic N) is 12. The summed E-state index contributed by atoms with van der Waals surface area (Å²) in [5, 5.41) is 9.29. The summed E-state index contributed by atoms with van der Waals surface area (Å²) in [6, 6.07) is 146. The van der Waals surface area contributed by atoms with Crippen LogP contribution < -0.4 is 44.2 Å². The van der Waals surface area contributed by atoms with Crippen molar-refractivity contribution in [2.45, 2.75) is 27.3 Å². The van der Waals surface area contributed by atoms with Crippen LogP contribution >= 0.6 is 0 Å². The van der Waals surface area contributed by atoms with Crippen LogP contribution in [0.3, 0.4) is 0 Å². The second-order valence-electron chi connectivity index (χ2n) is 32.4. The van der Waals surface area contributed by atoms with Gasteiger partial charge in [0.25, 0.3) is 0 Å². The fourth-order valence-electron chi connectivity index (χ4n) is 17.6. The van der Waals surface area contributed by atoms with Crippen molar-refractivity contribution in [2.24, 2.45) is 0 Å². The zero-order valence-electron chi connectivity index (χ0n) is 77.9. The monoisotopic (exact) mass is 2470 g/mol. The zero-order chi connectivity index (χ0) is 92.3. The molecule has 0 aliphatic carbocycles. The van der Waals surface area contributed by atoms with Crippen LogP contribution in [-0.4, -0.2) is 85.0 Å². The summed E-state index contributed by atoms with van der Waals surface area (Å²) in [7, 11) is 0. The molecule has 0 radical (unpaired) electrons. The van der Waals surface area contributed by atoms with Crippen LogP contribution in [0.1, 0.15) is 5.48 Å². The number of para-hydroxylation sites is 4. The van der Waals surface area contributed by atoms with Crippen LogP contribution in [0.4, 0.5) is 0 Å². The van der Waals surface area contributed by atoms with Crippen molar-refractivity contribution in [3.8, 4) is 67.8 Å². The number of benzene rings is 12. The average Bonchev–Trinajstić information content (AvgIpc) is 1.60. The van der Waals surface area contributed by atoms with E-state index in [1.807, 2.05) is 134 Å². The third kappa shape index (κ3) is 19.2. The van der Waals surface area contributed by atoms with E-state index in [2.05, 4.69) is 340 Å². The third-order valence-electron chi connectivity index (χ3n) is 24.4. The number of fused-ring (bicyclic) bond motifs is 12. The minimum absolute atomic E-state index is 0. The molecule has 12 aromatic heterocycles. The summed E-state index contributed by atoms with van der Waals surface area (Å²) >= 11 is 0. The number of pyridine rings is 8. The molecule has 0 N–H and O–H groups in total. The molecular weight excluding hydrogens is 2380 g/mol. The van der Waals surface area contributed by atoms with Gasteiger partial charge in [0.1, 0.15) is 23.3 Å². The number of rotatable bonds is 16. The molecule has 0 saturated carbocycles. The number of hydrogen-bond acceptors (Lipinski definition) is 8. The van der Waals surface area contributed by atoms with Crippen LogP contribution in [0.15, 0.2) is 413 Å². The fourth-order valence-corrected chi connectivity index (χ4v) is 17.6. The van der Waals surface area contributed by atoms with Gasteiger partial charge in [-0.05, 0) is 165 Å². The smallest absolute Gasteiger partial charge is 0.314 e. The molecule has 0 saturated heterocycles. The van der Waals surface area contributed by atoms with E-state index in [1.54, 1.807) is 48.9 Å². The standard InChI is InChI=1S/4C29H20BN3.4Pt/c4*1-30(28-13-4-6-17-31-28)23-10-8-9-21(19-23)22-15-16-25-24-11-2-3-12-26(24)33(27(25)20-22)29-14-5-7-18-32-29;;;;/h4*2-18H,1H3;;;;/q4*-2;4*+2/i17D;13D;6D;4D;;;;. The Bertz CT molecular complexity index is 8320. The van der Waals surface area contributed by atoms with Crippen molar-refractivity contribution < 1.29 is 89.7 Å². The molecule has 0 aliphatic heterocycles. The van der Waals surface area contributed by atoms with E-state index >= 15 is 0 Å². The van der Waals surface area contributed by atoms with E-state index in [-0.39, 0.29) is 117 Å². The molecule has 12 heterocycles. The molecule has 0 aliphatic rings. The maximum Gasteiger partial charge on any atom is 2.00 e. The Balaban J connectivity index is 0.000000128. The quantitative estimate of drug-likeness (QED) is 0.0692. The van der Waals surface area contributed by atoms with Crippen LogP contribution in [0.2, 0.25) is 27.3 Å². The molecule has 0 bridgehead atoms. The Morgan fingerprint density at radius 2 is 0.485 bits per heavy atom. The average molecular weight is 2470 g/mol. The van der Waals surface area contributed by atoms with E-state index in [0.717, 1.165) is 178 Å². The number of hydrogen-bond donors (Lipinski definition) is 0. The summed E-state index contributed by atoms with van der Waals surface area (Å²) in [5.41, 5.74) is 23.8. The van der Waals surface area contributed by atoms with Crippen LogP contribution in [-0.2, 0) is 84.3 Å². The molecule has 0 atom stereocenters. The second-order valence-corrected chi connectivity index (χ2v) is 32.4. The van der Waals surface area contributed by atoms with Gasteiger partial charge in [-0.3, -0.25) is 19.9 Å². The second kappa shape index (κ2) is 42.7. The first-order valence-electron chi connectivity index (χ1n) is 46.1. The Morgan fingerprint density at radius 1 is 0.206 bits per heavy atom. The normalized spacial score (nSPS) is 11.3. The van der Waals surface area contributed by atoms with E-state index in [1.165, 1.54) is 21.5 Å². The minimum atomic E-state index is -0.0302. The molecule has 24 rings (SSSR count). The molecule has 12 aromatic carbocycles. The van der Waals surface area contributed by atoms with Crippen molar-refractivity contribution in [3.05, 3.63) is 462 Å². The molecule has 0 fully saturated rings. The Labute approximate surface area is 855 Å². The van der Waals surface area contributed by atoms with Crippen molar-refractivity contribution in [2.75, 3.05) is 0 Å². The van der Waals surface area contributed by atoms with Crippen LogP contribution in [0, 0.1) is 48.5 Å². The first-order chi connectivity index (χ1) is 66.8. The molecule has 12 nitrogen and oxygen atoms in total. The topological polar surface area (TPSA) is 123 Å². The molecule has 0 spiro atoms. The predicted molar refractivity (Wildman–Crippen MR) is 547 cm³/mol. The van der Waals surface area contributed by atoms with Gasteiger partial charge in [0.05, 0.1) is 5.48 Å². The molecule has 0 amide bonds. The van der Waals surface area contributed by atoms with Crippen LogP contribution in [0.5, 0.6) is 0 Å². The van der Waals surface area contributed by atoms with Gasteiger partial charge in [0.15, 0.2) is 0 Å². The molecule has 20 heteroatoms. The minimum Gasteiger partial charge on any atom is -0.314 e. The van der Waals surface area contributed by atoms with E-state index < -0.39 is 0 Å². The molecule has 0 unspecified atom stereocenters. The Morgan fingerprint density at radius 3 is 0.809 bits per heavy atom. The van der Waals surface area contributed by atoms with Gasteiger partial charge in [-0.1, -0.05) is 170 Å². The predicted octanol–water partition coefficient (Wildman–Crippen LogP) is 20.3. The van der Waals surface area contributed by atoms with E-state index in [0.29, 0.717) is 18.1 Å². The van der Waals surface area contributed by atoms with E-state index in [4.69, 9.17) is 5.48 Å². The summed E-state index contributed by atoms with van der Waals surface area (Å²) in [6.07, 6.45) is 12.6. The van der Waals surface area contributed by atoms with Gasteiger partial charge in [0.2, 0.25) is 26.9 Å². The molecule has 24 aromatic rings. The van der Waals surface area contributed by atoms with Crippen molar-refractivity contribution in [3.63, 3.8) is 0 Å². The summed E-state index contributed by atoms with van der Waals surface area (Å²) in [6.45, 7) is 8.51. The number of aromatic nitrogens is 12. The fraction of sp³-hybridized carbons (Fsp3) is 0.0345. The first kappa shape index (κ1) is 88.6. The van der Waals surface area contributed by atoms with Gasteiger partial charge in [-0.2, -0.15) is 119 Å². The summed E-state index contributed by atoms with van der Waals surface area (Å²) in [5.74, 6) is 3.48. The largest absolute Gasteiger partial charge is 2.00 e. The van der Waals surface area contributed by atoms with Crippen molar-refractivity contribution >= 4 is 158 Å². The summed E-state index contributed by atoms with van der Waals surface area (Å²) in [4.78, 5) is 36.2. The maximum absolute atomic E-state index is 8.23. The molecule has 656 valence electrons. The SMILES string of the molecule is [2H]c1ccc(B(C)c2[c-]c(-c3[c-]c4c(cc3)c3ccccc3n4-c3ccccn3)ccc2)nc1.[2H]c1cccc(B(C)c2[c-]c(-c3[c-]c4c(cc3)c3ccccc3n4-c3ccccn3)ccc2)n1.[2H]c1cccnc1B(C)c1[c-]c(-c2[c-]c3c(cc2)c2ccccc2n3-c2ccccn2)ccc1.[2H]c1ccnc(B(C)c2[c-]c(-c3[c-]c4c(cc3)c3ccccc3n4-c3ccccn3)ccc2)c1.[Pt+2].[Pt+2].[Pt+2].[Pt+2]. The zero-order valence-corrected chi connectivity index (χ0v) is 83.0. The maximum atomic E-state index is 8.23. The van der Waals surface area contributed by atoms with Gasteiger partial charge in [-0.15, -0.1) is 48.5 Å². The third-order valence-corrected chi connectivity index (χ3v) is 24.4. The van der Waals surface area contributed by atoms with Crippen LogP contribution in [0.25, 0.3) is 155 Å². The summed E-state index contributed by atoms with van der Waals surface area (Å²) < 4.78 is 40.4. The van der Waals surface area contributed by atoms with Crippen molar-refractivity contribution in [1.29, 1.82) is 0 Å². The molecular formula is C116H80B4N12Pt4.